The van der Waals surface area contributed by atoms with Crippen molar-refractivity contribution in [3.63, 3.8) is 0 Å². The highest BCUT2D eigenvalue weighted by Crippen LogP contribution is 2.21. The number of nitrogens with zero attached hydrogens (tertiary/aromatic N) is 5. The van der Waals surface area contributed by atoms with Crippen molar-refractivity contribution in [2.75, 3.05) is 86.2 Å². The molecule has 0 aromatic carbocycles. The number of quaternary nitrogens is 2. The zero-order valence-corrected chi connectivity index (χ0v) is 21.8. The number of morpholine rings is 1. The monoisotopic (exact) mass is 453 g/mol. The third kappa shape index (κ3) is 7.32. The van der Waals surface area contributed by atoms with Crippen LogP contribution in [0.15, 0.2) is 4.99 Å². The fourth-order valence-electron chi connectivity index (χ4n) is 5.28. The van der Waals surface area contributed by atoms with Gasteiger partial charge in [-0.15, -0.1) is 0 Å². The van der Waals surface area contributed by atoms with Crippen LogP contribution in [-0.4, -0.2) is 123 Å². The van der Waals surface area contributed by atoms with Crippen molar-refractivity contribution in [2.45, 2.75) is 53.0 Å². The summed E-state index contributed by atoms with van der Waals surface area (Å²) in [6.45, 7) is 20.6. The van der Waals surface area contributed by atoms with Crippen LogP contribution in [0.25, 0.3) is 0 Å². The normalized spacial score (nSPS) is 22.8. The summed E-state index contributed by atoms with van der Waals surface area (Å²) in [5.41, 5.74) is 6.44. The summed E-state index contributed by atoms with van der Waals surface area (Å²) in [6.07, 6.45) is 3.46. The van der Waals surface area contributed by atoms with E-state index >= 15 is 0 Å². The molecular weight excluding hydrogens is 402 g/mol. The average Bonchev–Trinajstić information content (AvgIpc) is 3.24. The fourth-order valence-corrected chi connectivity index (χ4v) is 5.28. The Bertz CT molecular complexity index is 605. The minimum absolute atomic E-state index is 0.272. The highest BCUT2D eigenvalue weighted by molar-refractivity contribution is 5.92. The number of guanidine groups is 2. The van der Waals surface area contributed by atoms with Gasteiger partial charge in [-0.3, -0.25) is 5.41 Å². The Morgan fingerprint density at radius 2 is 1.88 bits per heavy atom. The lowest BCUT2D eigenvalue weighted by molar-refractivity contribution is -0.924. The number of aliphatic imine (C=N–C) groups is 1. The first-order valence-corrected chi connectivity index (χ1v) is 12.8. The van der Waals surface area contributed by atoms with E-state index < -0.39 is 0 Å². The van der Waals surface area contributed by atoms with Gasteiger partial charge in [0.1, 0.15) is 13.1 Å². The molecule has 2 saturated heterocycles. The molecule has 0 saturated carbocycles. The van der Waals surface area contributed by atoms with E-state index in [9.17, 15) is 0 Å². The fraction of sp³-hybridized carbons (Fsp3) is 0.917. The molecule has 0 aromatic rings. The van der Waals surface area contributed by atoms with Gasteiger partial charge in [0, 0.05) is 26.6 Å². The largest absolute Gasteiger partial charge is 0.370 e. The topological polar surface area (TPSA) is 77.9 Å². The number of likely N-dealkylation sites (N-methyl/N-ethyl adjacent to an activating group) is 2. The van der Waals surface area contributed by atoms with E-state index in [4.69, 9.17) is 15.9 Å². The second kappa shape index (κ2) is 12.2. The molecule has 8 heteroatoms. The molecule has 2 heterocycles. The molecule has 0 amide bonds. The first kappa shape index (κ1) is 26.9. The number of ether oxygens (including phenoxy) is 1. The molecule has 186 valence electrons. The third-order valence-corrected chi connectivity index (χ3v) is 8.16. The van der Waals surface area contributed by atoms with E-state index in [0.29, 0.717) is 17.9 Å². The van der Waals surface area contributed by atoms with E-state index in [2.05, 4.69) is 44.6 Å². The summed E-state index contributed by atoms with van der Waals surface area (Å²) < 4.78 is 7.73. The van der Waals surface area contributed by atoms with Crippen molar-refractivity contribution in [3.05, 3.63) is 0 Å². The molecule has 2 unspecified atom stereocenters. The van der Waals surface area contributed by atoms with Gasteiger partial charge in [-0.2, -0.15) is 4.99 Å². The SMILES string of the molecule is CC[N+](CC)(CC)CC1CCCN1C(N)=NC(=N)N(C)CC(C)CC[N+]1(C)CCOCC1. The standard InChI is InChI=1S/C24H51N7O/c1-7-31(8-2,9-3)20-22-11-10-13-29(22)24(26)27-23(25)28(5)19-21(4)12-14-30(6)15-17-32-18-16-30/h21-22H,7-20H2,1-6H3,(H3,25,26,27)/q+2. The van der Waals surface area contributed by atoms with Crippen LogP contribution in [-0.2, 0) is 4.74 Å². The summed E-state index contributed by atoms with van der Waals surface area (Å²) >= 11 is 0. The summed E-state index contributed by atoms with van der Waals surface area (Å²) in [7, 11) is 4.30. The molecule has 3 N–H and O–H groups in total. The molecule has 2 aliphatic heterocycles. The van der Waals surface area contributed by atoms with Crippen LogP contribution in [0.4, 0.5) is 0 Å². The Labute approximate surface area is 197 Å². The molecule has 2 rings (SSSR count). The maximum atomic E-state index is 8.51. The van der Waals surface area contributed by atoms with Gasteiger partial charge in [-0.25, -0.2) is 0 Å². The summed E-state index contributed by atoms with van der Waals surface area (Å²) in [6, 6.07) is 0.425. The summed E-state index contributed by atoms with van der Waals surface area (Å²) in [5, 5.41) is 8.51. The Morgan fingerprint density at radius 1 is 1.25 bits per heavy atom. The lowest BCUT2D eigenvalue weighted by atomic mass is 10.1. The molecule has 0 radical (unpaired) electrons. The van der Waals surface area contributed by atoms with Gasteiger partial charge in [0.25, 0.3) is 0 Å². The number of hydrogen-bond acceptors (Lipinski definition) is 2. The summed E-state index contributed by atoms with van der Waals surface area (Å²) in [4.78, 5) is 8.74. The highest BCUT2D eigenvalue weighted by atomic mass is 16.5. The minimum atomic E-state index is 0.272. The van der Waals surface area contributed by atoms with E-state index in [0.717, 1.165) is 87.4 Å². The van der Waals surface area contributed by atoms with Gasteiger partial charge < -0.3 is 29.2 Å². The van der Waals surface area contributed by atoms with Gasteiger partial charge in [-0.1, -0.05) is 6.92 Å². The van der Waals surface area contributed by atoms with E-state index in [-0.39, 0.29) is 5.96 Å². The first-order valence-electron chi connectivity index (χ1n) is 12.8. The number of rotatable bonds is 10. The first-order chi connectivity index (χ1) is 15.2. The van der Waals surface area contributed by atoms with Crippen LogP contribution >= 0.6 is 0 Å². The second-order valence-electron chi connectivity index (χ2n) is 10.4. The molecule has 2 aliphatic rings. The van der Waals surface area contributed by atoms with Crippen molar-refractivity contribution >= 4 is 11.9 Å². The van der Waals surface area contributed by atoms with Gasteiger partial charge in [0.15, 0.2) is 5.96 Å². The van der Waals surface area contributed by atoms with Gasteiger partial charge in [0.05, 0.1) is 59.0 Å². The maximum absolute atomic E-state index is 8.51. The third-order valence-electron chi connectivity index (χ3n) is 8.16. The molecular formula is C24H51N7O+2. The quantitative estimate of drug-likeness (QED) is 0.301. The van der Waals surface area contributed by atoms with Crippen LogP contribution in [0, 0.1) is 11.3 Å². The Balaban J connectivity index is 1.88. The highest BCUT2D eigenvalue weighted by Gasteiger charge is 2.34. The van der Waals surface area contributed by atoms with Crippen molar-refractivity contribution in [1.29, 1.82) is 5.41 Å². The minimum Gasteiger partial charge on any atom is -0.370 e. The van der Waals surface area contributed by atoms with Crippen LogP contribution < -0.4 is 5.73 Å². The summed E-state index contributed by atoms with van der Waals surface area (Å²) in [5.74, 6) is 1.30. The van der Waals surface area contributed by atoms with E-state index in [1.54, 1.807) is 0 Å². The van der Waals surface area contributed by atoms with Crippen LogP contribution in [0.1, 0.15) is 47.0 Å². The molecule has 0 spiro atoms. The van der Waals surface area contributed by atoms with Crippen molar-refractivity contribution in [2.24, 2.45) is 16.6 Å². The molecule has 2 atom stereocenters. The number of nitrogens with one attached hydrogen (secondary N) is 1. The van der Waals surface area contributed by atoms with Crippen molar-refractivity contribution in [3.8, 4) is 0 Å². The average molecular weight is 454 g/mol. The van der Waals surface area contributed by atoms with Gasteiger partial charge in [0.2, 0.25) is 5.96 Å². The zero-order chi connectivity index (χ0) is 23.8. The molecule has 0 aliphatic carbocycles. The molecule has 0 bridgehead atoms. The Morgan fingerprint density at radius 3 is 2.47 bits per heavy atom. The number of likely N-dealkylation sites (tertiary alicyclic amines) is 1. The molecule has 2 fully saturated rings. The Kier molecular flexibility index (Phi) is 10.2. The molecule has 8 nitrogen and oxygen atoms in total. The molecule has 0 aromatic heterocycles. The lowest BCUT2D eigenvalue weighted by Gasteiger charge is -2.40. The second-order valence-corrected chi connectivity index (χ2v) is 10.4. The van der Waals surface area contributed by atoms with Crippen molar-refractivity contribution < 1.29 is 13.7 Å². The molecule has 32 heavy (non-hydrogen) atoms. The van der Waals surface area contributed by atoms with Gasteiger partial charge in [-0.05, 0) is 39.5 Å². The lowest BCUT2D eigenvalue weighted by Crippen LogP contribution is -2.56. The van der Waals surface area contributed by atoms with Crippen LogP contribution in [0.2, 0.25) is 0 Å². The van der Waals surface area contributed by atoms with Crippen LogP contribution in [0.3, 0.4) is 0 Å². The predicted octanol–water partition coefficient (Wildman–Crippen LogP) is 2.01. The zero-order valence-electron chi connectivity index (χ0n) is 21.8. The smallest absolute Gasteiger partial charge is 0.220 e. The number of nitrogens with two attached hydrogens (primary N) is 1. The van der Waals surface area contributed by atoms with Crippen molar-refractivity contribution in [1.82, 2.24) is 9.80 Å². The predicted molar refractivity (Wildman–Crippen MR) is 134 cm³/mol. The van der Waals surface area contributed by atoms with E-state index in [1.165, 1.54) is 13.0 Å². The van der Waals surface area contributed by atoms with Gasteiger partial charge >= 0.3 is 0 Å². The Hall–Kier alpha value is -1.38. The van der Waals surface area contributed by atoms with Crippen LogP contribution in [0.5, 0.6) is 0 Å². The van der Waals surface area contributed by atoms with E-state index in [1.807, 2.05) is 11.9 Å². The maximum Gasteiger partial charge on any atom is 0.220 e. The number of hydrogen-bond donors (Lipinski definition) is 2.